The number of anilines is 1. The first-order valence-corrected chi connectivity index (χ1v) is 8.98. The van der Waals surface area contributed by atoms with Crippen molar-refractivity contribution < 1.29 is 4.74 Å². The van der Waals surface area contributed by atoms with Crippen molar-refractivity contribution in [2.45, 2.75) is 20.4 Å². The van der Waals surface area contributed by atoms with Gasteiger partial charge in [0.25, 0.3) is 11.3 Å². The molecule has 0 aliphatic rings. The van der Waals surface area contributed by atoms with Crippen LogP contribution in [0.3, 0.4) is 0 Å². The number of benzene rings is 2. The highest BCUT2D eigenvalue weighted by molar-refractivity contribution is 5.58. The largest absolute Gasteiger partial charge is 0.497 e. The highest BCUT2D eigenvalue weighted by Crippen LogP contribution is 2.19. The topological polar surface area (TPSA) is 84.3 Å². The predicted octanol–water partition coefficient (Wildman–Crippen LogP) is 3.32. The Morgan fingerprint density at radius 3 is 2.54 bits per heavy atom. The van der Waals surface area contributed by atoms with Gasteiger partial charge in [0.2, 0.25) is 0 Å². The molecule has 2 heterocycles. The van der Waals surface area contributed by atoms with Crippen molar-refractivity contribution in [3.63, 3.8) is 0 Å². The molecule has 0 radical (unpaired) electrons. The molecular formula is C21H21N5O2. The van der Waals surface area contributed by atoms with Gasteiger partial charge < -0.3 is 10.1 Å². The Kier molecular flexibility index (Phi) is 4.57. The number of H-pyrrole nitrogens is 1. The Morgan fingerprint density at radius 1 is 1.04 bits per heavy atom. The molecule has 2 aromatic heterocycles. The van der Waals surface area contributed by atoms with E-state index in [0.29, 0.717) is 23.8 Å². The number of nitrogens with zero attached hydrogens (tertiary/aromatic N) is 3. The van der Waals surface area contributed by atoms with Crippen molar-refractivity contribution in [2.24, 2.45) is 0 Å². The summed E-state index contributed by atoms with van der Waals surface area (Å²) in [4.78, 5) is 21.4. The molecule has 4 rings (SSSR count). The fourth-order valence-electron chi connectivity index (χ4n) is 2.94. The van der Waals surface area contributed by atoms with Gasteiger partial charge in [0, 0.05) is 17.3 Å². The number of fused-ring (bicyclic) bond motifs is 1. The standard InChI is InChI=1S/C21H21N5O2/c1-13-4-7-16(10-14(13)2)22-12-17-11-19(27)26-21(23-17)24-20(25-26)15-5-8-18(28-3)9-6-15/h4-11,22H,12H2,1-3H3,(H,23,24,25). The zero-order valence-corrected chi connectivity index (χ0v) is 16.0. The summed E-state index contributed by atoms with van der Waals surface area (Å²) in [6.45, 7) is 4.59. The number of aromatic nitrogens is 4. The summed E-state index contributed by atoms with van der Waals surface area (Å²) in [5.74, 6) is 1.68. The lowest BCUT2D eigenvalue weighted by atomic mass is 10.1. The van der Waals surface area contributed by atoms with Gasteiger partial charge in [-0.3, -0.25) is 9.89 Å². The summed E-state index contributed by atoms with van der Waals surface area (Å²) in [6, 6.07) is 15.1. The van der Waals surface area contributed by atoms with Crippen LogP contribution in [-0.2, 0) is 6.54 Å². The molecule has 2 N–H and O–H groups in total. The molecule has 7 nitrogen and oxygen atoms in total. The average molecular weight is 375 g/mol. The van der Waals surface area contributed by atoms with Crippen LogP contribution in [0.4, 0.5) is 5.69 Å². The van der Waals surface area contributed by atoms with E-state index in [0.717, 1.165) is 17.0 Å². The van der Waals surface area contributed by atoms with E-state index in [9.17, 15) is 4.79 Å². The lowest BCUT2D eigenvalue weighted by Crippen LogP contribution is -2.17. The third-order valence-corrected chi connectivity index (χ3v) is 4.73. The molecule has 0 aliphatic carbocycles. The summed E-state index contributed by atoms with van der Waals surface area (Å²) in [7, 11) is 1.62. The number of aryl methyl sites for hydroxylation is 2. The van der Waals surface area contributed by atoms with Gasteiger partial charge in [0.1, 0.15) is 5.75 Å². The van der Waals surface area contributed by atoms with Gasteiger partial charge in [0.05, 0.1) is 19.3 Å². The Hall–Kier alpha value is -3.61. The highest BCUT2D eigenvalue weighted by atomic mass is 16.5. The summed E-state index contributed by atoms with van der Waals surface area (Å²) in [5.41, 5.74) is 4.73. The maximum Gasteiger partial charge on any atom is 0.274 e. The van der Waals surface area contributed by atoms with Gasteiger partial charge in [-0.1, -0.05) is 6.07 Å². The molecule has 4 aromatic rings. The van der Waals surface area contributed by atoms with Crippen LogP contribution < -0.4 is 15.6 Å². The van der Waals surface area contributed by atoms with E-state index in [1.807, 2.05) is 30.3 Å². The van der Waals surface area contributed by atoms with Crippen molar-refractivity contribution in [3.8, 4) is 17.1 Å². The van der Waals surface area contributed by atoms with Crippen molar-refractivity contribution >= 4 is 11.5 Å². The molecule has 0 amide bonds. The van der Waals surface area contributed by atoms with Gasteiger partial charge in [-0.05, 0) is 61.4 Å². The molecule has 0 fully saturated rings. The van der Waals surface area contributed by atoms with Gasteiger partial charge in [-0.2, -0.15) is 9.50 Å². The smallest absolute Gasteiger partial charge is 0.274 e. The maximum absolute atomic E-state index is 12.5. The summed E-state index contributed by atoms with van der Waals surface area (Å²) >= 11 is 0. The second-order valence-corrected chi connectivity index (χ2v) is 6.67. The van der Waals surface area contributed by atoms with E-state index >= 15 is 0 Å². The van der Waals surface area contributed by atoms with Crippen molar-refractivity contribution in [2.75, 3.05) is 12.4 Å². The molecule has 0 atom stereocenters. The van der Waals surface area contributed by atoms with Crippen LogP contribution in [0.5, 0.6) is 5.75 Å². The second kappa shape index (κ2) is 7.19. The van der Waals surface area contributed by atoms with Gasteiger partial charge in [0.15, 0.2) is 5.82 Å². The third-order valence-electron chi connectivity index (χ3n) is 4.73. The monoisotopic (exact) mass is 375 g/mol. The number of methoxy groups -OCH3 is 1. The van der Waals surface area contributed by atoms with Crippen LogP contribution in [0.15, 0.2) is 53.3 Å². The molecule has 0 saturated heterocycles. The lowest BCUT2D eigenvalue weighted by molar-refractivity contribution is 0.415. The van der Waals surface area contributed by atoms with E-state index in [4.69, 9.17) is 4.74 Å². The molecule has 0 spiro atoms. The quantitative estimate of drug-likeness (QED) is 0.559. The average Bonchev–Trinajstić information content (AvgIpc) is 3.14. The molecule has 28 heavy (non-hydrogen) atoms. The van der Waals surface area contributed by atoms with E-state index in [2.05, 4.69) is 46.4 Å². The van der Waals surface area contributed by atoms with E-state index < -0.39 is 0 Å². The molecule has 2 aromatic carbocycles. The lowest BCUT2D eigenvalue weighted by Gasteiger charge is -2.08. The summed E-state index contributed by atoms with van der Waals surface area (Å²) < 4.78 is 6.52. The number of nitrogens with one attached hydrogen (secondary N) is 2. The van der Waals surface area contributed by atoms with E-state index in [1.165, 1.54) is 21.7 Å². The number of rotatable bonds is 5. The molecule has 7 heteroatoms. The Bertz CT molecular complexity index is 1190. The first-order chi connectivity index (χ1) is 13.5. The fraction of sp³-hybridized carbons (Fsp3) is 0.190. The van der Waals surface area contributed by atoms with E-state index in [-0.39, 0.29) is 5.56 Å². The zero-order valence-electron chi connectivity index (χ0n) is 16.0. The van der Waals surface area contributed by atoms with E-state index in [1.54, 1.807) is 7.11 Å². The molecule has 0 bridgehead atoms. The fourth-order valence-corrected chi connectivity index (χ4v) is 2.94. The molecule has 142 valence electrons. The van der Waals surface area contributed by atoms with Gasteiger partial charge in [-0.15, -0.1) is 0 Å². The van der Waals surface area contributed by atoms with Crippen molar-refractivity contribution in [1.29, 1.82) is 0 Å². The predicted molar refractivity (Wildman–Crippen MR) is 109 cm³/mol. The van der Waals surface area contributed by atoms with Crippen LogP contribution in [0.2, 0.25) is 0 Å². The normalized spacial score (nSPS) is 11.0. The Balaban J connectivity index is 1.60. The first-order valence-electron chi connectivity index (χ1n) is 8.98. The van der Waals surface area contributed by atoms with Crippen molar-refractivity contribution in [3.05, 3.63) is 75.7 Å². The molecule has 0 aliphatic heterocycles. The highest BCUT2D eigenvalue weighted by Gasteiger charge is 2.10. The zero-order chi connectivity index (χ0) is 19.7. The molecule has 0 saturated carbocycles. The summed E-state index contributed by atoms with van der Waals surface area (Å²) in [5, 5.41) is 6.31. The van der Waals surface area contributed by atoms with Crippen LogP contribution in [0.25, 0.3) is 17.2 Å². The second-order valence-electron chi connectivity index (χ2n) is 6.67. The molecular weight excluding hydrogens is 354 g/mol. The minimum atomic E-state index is -0.200. The van der Waals surface area contributed by atoms with Crippen molar-refractivity contribution in [1.82, 2.24) is 19.6 Å². The minimum absolute atomic E-state index is 0.200. The Morgan fingerprint density at radius 2 is 1.82 bits per heavy atom. The third kappa shape index (κ3) is 3.46. The number of hydrogen-bond donors (Lipinski definition) is 2. The maximum atomic E-state index is 12.5. The van der Waals surface area contributed by atoms with Crippen LogP contribution >= 0.6 is 0 Å². The number of hydrogen-bond acceptors (Lipinski definition) is 5. The number of ether oxygens (including phenoxy) is 1. The van der Waals surface area contributed by atoms with Gasteiger partial charge in [-0.25, -0.2) is 4.98 Å². The van der Waals surface area contributed by atoms with Crippen LogP contribution in [0, 0.1) is 13.8 Å². The SMILES string of the molecule is COc1ccc(-c2nc3nc(CNc4ccc(C)c(C)c4)cc(=O)n3[nH]2)cc1. The minimum Gasteiger partial charge on any atom is -0.497 e. The molecule has 0 unspecified atom stereocenters. The van der Waals surface area contributed by atoms with Crippen LogP contribution in [0.1, 0.15) is 16.8 Å². The summed E-state index contributed by atoms with van der Waals surface area (Å²) in [6.07, 6.45) is 0. The first kappa shape index (κ1) is 17.8. The van der Waals surface area contributed by atoms with Gasteiger partial charge >= 0.3 is 0 Å². The Labute approximate surface area is 162 Å². The van der Waals surface area contributed by atoms with Crippen LogP contribution in [-0.4, -0.2) is 26.7 Å². The number of aromatic amines is 1.